The summed E-state index contributed by atoms with van der Waals surface area (Å²) in [4.78, 5) is 11.4. The zero-order chi connectivity index (χ0) is 13.4. The number of carbonyl (C=O) groups is 1. The molecule has 0 saturated carbocycles. The monoisotopic (exact) mass is 255 g/mol. The van der Waals surface area contributed by atoms with Crippen molar-refractivity contribution in [3.63, 3.8) is 0 Å². The summed E-state index contributed by atoms with van der Waals surface area (Å²) in [6.45, 7) is -0.587. The van der Waals surface area contributed by atoms with E-state index in [0.717, 1.165) is 0 Å². The second-order valence-electron chi connectivity index (χ2n) is 3.58. The zero-order valence-corrected chi connectivity index (χ0v) is 10.1. The van der Waals surface area contributed by atoms with Crippen LogP contribution in [0.2, 0.25) is 0 Å². The molecular formula is C12H17NO5. The third-order valence-corrected chi connectivity index (χ3v) is 2.17. The lowest BCUT2D eigenvalue weighted by atomic mass is 10.3. The van der Waals surface area contributed by atoms with Crippen LogP contribution in [0.5, 0.6) is 11.5 Å². The number of methoxy groups -OCH3 is 1. The summed E-state index contributed by atoms with van der Waals surface area (Å²) in [6, 6.07) is 6.98. The number of ether oxygens (including phenoxy) is 2. The highest BCUT2D eigenvalue weighted by atomic mass is 16.5. The molecule has 1 aromatic carbocycles. The number of hydrogen-bond donors (Lipinski definition) is 3. The molecule has 0 aliphatic rings. The third kappa shape index (κ3) is 4.60. The maximum atomic E-state index is 11.4. The van der Waals surface area contributed by atoms with Crippen molar-refractivity contribution in [1.82, 2.24) is 5.32 Å². The van der Waals surface area contributed by atoms with Crippen molar-refractivity contribution in [1.29, 1.82) is 0 Å². The molecule has 0 saturated heterocycles. The Morgan fingerprint density at radius 1 is 1.39 bits per heavy atom. The largest absolute Gasteiger partial charge is 0.493 e. The molecule has 0 bridgehead atoms. The highest BCUT2D eigenvalue weighted by Crippen LogP contribution is 2.25. The molecule has 3 N–H and O–H groups in total. The van der Waals surface area contributed by atoms with Gasteiger partial charge in [0.25, 0.3) is 5.91 Å². The molecule has 1 atom stereocenters. The van der Waals surface area contributed by atoms with Crippen LogP contribution in [0.15, 0.2) is 24.3 Å². The van der Waals surface area contributed by atoms with E-state index in [4.69, 9.17) is 19.7 Å². The van der Waals surface area contributed by atoms with Crippen molar-refractivity contribution in [3.8, 4) is 11.5 Å². The first kappa shape index (κ1) is 14.3. The van der Waals surface area contributed by atoms with Gasteiger partial charge in [0.2, 0.25) is 0 Å². The number of para-hydroxylation sites is 2. The van der Waals surface area contributed by atoms with Gasteiger partial charge in [0.05, 0.1) is 19.8 Å². The summed E-state index contributed by atoms with van der Waals surface area (Å²) in [5.74, 6) is 0.631. The number of hydrogen-bond acceptors (Lipinski definition) is 5. The quantitative estimate of drug-likeness (QED) is 0.614. The molecule has 0 aromatic heterocycles. The Labute approximate surface area is 105 Å². The minimum absolute atomic E-state index is 0.00931. The molecule has 0 aliphatic heterocycles. The fraction of sp³-hybridized carbons (Fsp3) is 0.417. The van der Waals surface area contributed by atoms with Gasteiger partial charge in [-0.05, 0) is 12.1 Å². The van der Waals surface area contributed by atoms with Crippen molar-refractivity contribution < 1.29 is 24.5 Å². The predicted octanol–water partition coefficient (Wildman–Crippen LogP) is -0.457. The Hall–Kier alpha value is -1.79. The van der Waals surface area contributed by atoms with E-state index in [1.54, 1.807) is 24.3 Å². The standard InChI is InChI=1S/C12H17NO5/c1-17-10-4-2-3-5-11(10)18-8-12(16)13-6-9(15)7-14/h2-5,9,14-15H,6-8H2,1H3,(H,13,16). The van der Waals surface area contributed by atoms with Crippen LogP contribution in [0.3, 0.4) is 0 Å². The topological polar surface area (TPSA) is 88.0 Å². The fourth-order valence-corrected chi connectivity index (χ4v) is 1.23. The van der Waals surface area contributed by atoms with Gasteiger partial charge in [-0.3, -0.25) is 4.79 Å². The van der Waals surface area contributed by atoms with E-state index in [0.29, 0.717) is 11.5 Å². The number of aliphatic hydroxyl groups is 2. The number of nitrogens with one attached hydrogen (secondary N) is 1. The van der Waals surface area contributed by atoms with E-state index in [-0.39, 0.29) is 19.1 Å². The average Bonchev–Trinajstić information content (AvgIpc) is 2.42. The molecule has 6 heteroatoms. The first-order valence-electron chi connectivity index (χ1n) is 5.48. The smallest absolute Gasteiger partial charge is 0.258 e. The van der Waals surface area contributed by atoms with Gasteiger partial charge in [0.1, 0.15) is 0 Å². The molecule has 1 rings (SSSR count). The molecule has 100 valence electrons. The van der Waals surface area contributed by atoms with E-state index < -0.39 is 12.7 Å². The van der Waals surface area contributed by atoms with Crippen LogP contribution in [0, 0.1) is 0 Å². The SMILES string of the molecule is COc1ccccc1OCC(=O)NCC(O)CO. The number of benzene rings is 1. The molecule has 1 aromatic rings. The lowest BCUT2D eigenvalue weighted by Gasteiger charge is -2.11. The van der Waals surface area contributed by atoms with Crippen molar-refractivity contribution in [2.24, 2.45) is 0 Å². The minimum atomic E-state index is -0.958. The van der Waals surface area contributed by atoms with Crippen molar-refractivity contribution in [3.05, 3.63) is 24.3 Å². The van der Waals surface area contributed by atoms with Crippen LogP contribution < -0.4 is 14.8 Å². The number of aliphatic hydroxyl groups excluding tert-OH is 2. The Bertz CT molecular complexity index is 382. The van der Waals surface area contributed by atoms with Crippen LogP contribution in [0.1, 0.15) is 0 Å². The summed E-state index contributed by atoms with van der Waals surface area (Å²) in [6.07, 6.45) is -0.958. The molecule has 0 aliphatic carbocycles. The van der Waals surface area contributed by atoms with Crippen molar-refractivity contribution in [2.45, 2.75) is 6.10 Å². The second-order valence-corrected chi connectivity index (χ2v) is 3.58. The van der Waals surface area contributed by atoms with Gasteiger partial charge in [-0.25, -0.2) is 0 Å². The van der Waals surface area contributed by atoms with Gasteiger partial charge in [0.15, 0.2) is 18.1 Å². The lowest BCUT2D eigenvalue weighted by molar-refractivity contribution is -0.123. The van der Waals surface area contributed by atoms with E-state index in [1.165, 1.54) is 7.11 Å². The molecular weight excluding hydrogens is 238 g/mol. The summed E-state index contributed by atoms with van der Waals surface area (Å²) in [7, 11) is 1.51. The highest BCUT2D eigenvalue weighted by molar-refractivity contribution is 5.77. The van der Waals surface area contributed by atoms with Gasteiger partial charge >= 0.3 is 0 Å². The summed E-state index contributed by atoms with van der Waals surface area (Å²) in [5.41, 5.74) is 0. The van der Waals surface area contributed by atoms with Crippen LogP contribution in [-0.4, -0.2) is 49.1 Å². The summed E-state index contributed by atoms with van der Waals surface area (Å²) < 4.78 is 10.3. The van der Waals surface area contributed by atoms with Gasteiger partial charge in [0, 0.05) is 6.54 Å². The summed E-state index contributed by atoms with van der Waals surface area (Å²) in [5, 5.41) is 20.0. The van der Waals surface area contributed by atoms with E-state index in [9.17, 15) is 4.79 Å². The predicted molar refractivity (Wildman–Crippen MR) is 64.6 cm³/mol. The normalized spacial score (nSPS) is 11.7. The maximum Gasteiger partial charge on any atom is 0.258 e. The molecule has 0 heterocycles. The number of amides is 1. The molecule has 0 spiro atoms. The van der Waals surface area contributed by atoms with Crippen LogP contribution in [0.25, 0.3) is 0 Å². The lowest BCUT2D eigenvalue weighted by Crippen LogP contribution is -2.36. The van der Waals surface area contributed by atoms with Gasteiger partial charge < -0.3 is 25.0 Å². The van der Waals surface area contributed by atoms with Gasteiger partial charge in [-0.15, -0.1) is 0 Å². The fourth-order valence-electron chi connectivity index (χ4n) is 1.23. The second kappa shape index (κ2) is 7.52. The van der Waals surface area contributed by atoms with E-state index >= 15 is 0 Å². The Morgan fingerprint density at radius 3 is 2.67 bits per heavy atom. The maximum absolute atomic E-state index is 11.4. The summed E-state index contributed by atoms with van der Waals surface area (Å²) >= 11 is 0. The van der Waals surface area contributed by atoms with Gasteiger partial charge in [-0.2, -0.15) is 0 Å². The van der Waals surface area contributed by atoms with E-state index in [1.807, 2.05) is 0 Å². The molecule has 1 unspecified atom stereocenters. The molecule has 18 heavy (non-hydrogen) atoms. The minimum Gasteiger partial charge on any atom is -0.493 e. The molecule has 1 amide bonds. The molecule has 0 fully saturated rings. The first-order valence-corrected chi connectivity index (χ1v) is 5.48. The van der Waals surface area contributed by atoms with Crippen LogP contribution >= 0.6 is 0 Å². The van der Waals surface area contributed by atoms with Crippen molar-refractivity contribution in [2.75, 3.05) is 26.9 Å². The van der Waals surface area contributed by atoms with Gasteiger partial charge in [-0.1, -0.05) is 12.1 Å². The first-order chi connectivity index (χ1) is 8.67. The van der Waals surface area contributed by atoms with Crippen molar-refractivity contribution >= 4 is 5.91 Å². The van der Waals surface area contributed by atoms with E-state index in [2.05, 4.69) is 5.32 Å². The zero-order valence-electron chi connectivity index (χ0n) is 10.1. The molecule has 6 nitrogen and oxygen atoms in total. The average molecular weight is 255 g/mol. The Balaban J connectivity index is 2.38. The number of carbonyl (C=O) groups excluding carboxylic acids is 1. The Kier molecular flexibility index (Phi) is 5.96. The Morgan fingerprint density at radius 2 is 2.06 bits per heavy atom. The highest BCUT2D eigenvalue weighted by Gasteiger charge is 2.08. The van der Waals surface area contributed by atoms with Crippen LogP contribution in [0.4, 0.5) is 0 Å². The number of rotatable bonds is 7. The molecule has 0 radical (unpaired) electrons. The van der Waals surface area contributed by atoms with Crippen LogP contribution in [-0.2, 0) is 4.79 Å². The third-order valence-electron chi connectivity index (χ3n) is 2.17.